The van der Waals surface area contributed by atoms with Crippen molar-refractivity contribution in [1.82, 2.24) is 9.21 Å². The number of hydrogen-bond donors (Lipinski definition) is 0. The standard InChI is InChI=1S/C10H17FN2O5S2/c1-19(15,16)12-4-2-8(3-5-12)13-7-9(6-10(13)14)20(11,17)18/h8-9H,2-7H2,1H3. The summed E-state index contributed by atoms with van der Waals surface area (Å²) in [6.45, 7) is 0.446. The van der Waals surface area contributed by atoms with Crippen molar-refractivity contribution in [3.05, 3.63) is 0 Å². The van der Waals surface area contributed by atoms with E-state index in [-0.39, 0.29) is 24.9 Å². The lowest BCUT2D eigenvalue weighted by Crippen LogP contribution is -2.47. The van der Waals surface area contributed by atoms with E-state index in [1.54, 1.807) is 0 Å². The molecule has 0 bridgehead atoms. The van der Waals surface area contributed by atoms with Crippen LogP contribution in [0.5, 0.6) is 0 Å². The lowest BCUT2D eigenvalue weighted by atomic mass is 10.1. The molecule has 0 aromatic carbocycles. The van der Waals surface area contributed by atoms with Crippen LogP contribution in [0.4, 0.5) is 3.89 Å². The first kappa shape index (κ1) is 15.6. The molecule has 0 aromatic rings. The monoisotopic (exact) mass is 328 g/mol. The third-order valence-corrected chi connectivity index (χ3v) is 6.27. The molecular formula is C10H17FN2O5S2. The molecule has 2 heterocycles. The Morgan fingerprint density at radius 3 is 2.10 bits per heavy atom. The van der Waals surface area contributed by atoms with E-state index >= 15 is 0 Å². The fourth-order valence-electron chi connectivity index (χ4n) is 2.72. The van der Waals surface area contributed by atoms with Crippen LogP contribution in [0.15, 0.2) is 0 Å². The summed E-state index contributed by atoms with van der Waals surface area (Å²) in [6, 6.07) is -0.216. The first-order chi connectivity index (χ1) is 9.09. The molecule has 0 saturated carbocycles. The molecule has 10 heteroatoms. The Morgan fingerprint density at radius 2 is 1.70 bits per heavy atom. The van der Waals surface area contributed by atoms with Crippen molar-refractivity contribution in [2.75, 3.05) is 25.9 Å². The van der Waals surface area contributed by atoms with E-state index in [9.17, 15) is 25.5 Å². The summed E-state index contributed by atoms with van der Waals surface area (Å²) in [6.07, 6.45) is 1.68. The summed E-state index contributed by atoms with van der Waals surface area (Å²) in [7, 11) is -7.96. The summed E-state index contributed by atoms with van der Waals surface area (Å²) in [4.78, 5) is 13.1. The summed E-state index contributed by atoms with van der Waals surface area (Å²) in [5.41, 5.74) is 0. The van der Waals surface area contributed by atoms with Crippen molar-refractivity contribution < 1.29 is 25.5 Å². The van der Waals surface area contributed by atoms with Crippen molar-refractivity contribution >= 4 is 26.2 Å². The van der Waals surface area contributed by atoms with E-state index in [1.807, 2.05) is 0 Å². The van der Waals surface area contributed by atoms with Crippen LogP contribution in [0.2, 0.25) is 0 Å². The van der Waals surface area contributed by atoms with Crippen LogP contribution < -0.4 is 0 Å². The van der Waals surface area contributed by atoms with E-state index in [0.29, 0.717) is 25.9 Å². The number of nitrogens with zero attached hydrogens (tertiary/aromatic N) is 2. The fraction of sp³-hybridized carbons (Fsp3) is 0.900. The number of piperidine rings is 1. The fourth-order valence-corrected chi connectivity index (χ4v) is 4.28. The predicted molar refractivity (Wildman–Crippen MR) is 69.6 cm³/mol. The van der Waals surface area contributed by atoms with E-state index in [4.69, 9.17) is 0 Å². The first-order valence-electron chi connectivity index (χ1n) is 6.27. The molecular weight excluding hydrogens is 311 g/mol. The van der Waals surface area contributed by atoms with E-state index in [0.717, 1.165) is 6.26 Å². The second-order valence-electron chi connectivity index (χ2n) is 5.24. The average molecular weight is 328 g/mol. The molecule has 116 valence electrons. The maximum atomic E-state index is 12.9. The average Bonchev–Trinajstić information content (AvgIpc) is 2.70. The van der Waals surface area contributed by atoms with Gasteiger partial charge in [-0.1, -0.05) is 0 Å². The van der Waals surface area contributed by atoms with Crippen LogP contribution in [0, 0.1) is 0 Å². The highest BCUT2D eigenvalue weighted by Gasteiger charge is 2.42. The first-order valence-corrected chi connectivity index (χ1v) is 9.56. The highest BCUT2D eigenvalue weighted by atomic mass is 32.3. The Balaban J connectivity index is 2.00. The summed E-state index contributed by atoms with van der Waals surface area (Å²) in [5, 5.41) is -1.29. The molecule has 1 unspecified atom stereocenters. The van der Waals surface area contributed by atoms with Crippen molar-refractivity contribution in [2.24, 2.45) is 0 Å². The Kier molecular flexibility index (Phi) is 4.09. The van der Waals surface area contributed by atoms with Gasteiger partial charge in [0.1, 0.15) is 5.25 Å². The van der Waals surface area contributed by atoms with Gasteiger partial charge in [-0.3, -0.25) is 4.79 Å². The van der Waals surface area contributed by atoms with Crippen molar-refractivity contribution in [1.29, 1.82) is 0 Å². The highest BCUT2D eigenvalue weighted by molar-refractivity contribution is 7.88. The zero-order valence-corrected chi connectivity index (χ0v) is 12.7. The topological polar surface area (TPSA) is 91.8 Å². The zero-order chi connectivity index (χ0) is 15.1. The third kappa shape index (κ3) is 3.29. The van der Waals surface area contributed by atoms with Crippen molar-refractivity contribution in [3.63, 3.8) is 0 Å². The number of carbonyl (C=O) groups is 1. The zero-order valence-electron chi connectivity index (χ0n) is 11.0. The van der Waals surface area contributed by atoms with Crippen molar-refractivity contribution in [3.8, 4) is 0 Å². The molecule has 0 spiro atoms. The maximum absolute atomic E-state index is 12.9. The SMILES string of the molecule is CS(=O)(=O)N1CCC(N2CC(S(=O)(=O)F)CC2=O)CC1. The van der Waals surface area contributed by atoms with Gasteiger partial charge in [0, 0.05) is 32.1 Å². The molecule has 7 nitrogen and oxygen atoms in total. The summed E-state index contributed by atoms with van der Waals surface area (Å²) in [5.74, 6) is -0.381. The quantitative estimate of drug-likeness (QED) is 0.640. The van der Waals surface area contributed by atoms with Gasteiger partial charge in [-0.05, 0) is 12.8 Å². The Labute approximate surface area is 118 Å². The predicted octanol–water partition coefficient (Wildman–Crippen LogP) is -0.689. The lowest BCUT2D eigenvalue weighted by molar-refractivity contribution is -0.130. The minimum absolute atomic E-state index is 0.138. The second-order valence-corrected chi connectivity index (χ2v) is 8.84. The number of halogens is 1. The van der Waals surface area contributed by atoms with Crippen LogP contribution in [0.3, 0.4) is 0 Å². The second kappa shape index (κ2) is 5.23. The number of carbonyl (C=O) groups excluding carboxylic acids is 1. The molecule has 0 aliphatic carbocycles. The normalized spacial score (nSPS) is 27.2. The lowest BCUT2D eigenvalue weighted by Gasteiger charge is -2.35. The number of rotatable bonds is 3. The van der Waals surface area contributed by atoms with Gasteiger partial charge < -0.3 is 4.90 Å². The van der Waals surface area contributed by atoms with Crippen molar-refractivity contribution in [2.45, 2.75) is 30.6 Å². The minimum atomic E-state index is -4.71. The smallest absolute Gasteiger partial charge is 0.307 e. The van der Waals surface area contributed by atoms with Crippen LogP contribution in [0.25, 0.3) is 0 Å². The summed E-state index contributed by atoms with van der Waals surface area (Å²) >= 11 is 0. The van der Waals surface area contributed by atoms with Gasteiger partial charge in [-0.15, -0.1) is 3.89 Å². The maximum Gasteiger partial charge on any atom is 0.307 e. The van der Waals surface area contributed by atoms with E-state index in [1.165, 1.54) is 9.21 Å². The Bertz CT molecular complexity index is 595. The van der Waals surface area contributed by atoms with Gasteiger partial charge in [0.25, 0.3) is 0 Å². The number of amides is 1. The Hall–Kier alpha value is -0.740. The molecule has 0 N–H and O–H groups in total. The van der Waals surface area contributed by atoms with E-state index < -0.39 is 25.5 Å². The van der Waals surface area contributed by atoms with Crippen LogP contribution >= 0.6 is 0 Å². The number of hydrogen-bond acceptors (Lipinski definition) is 5. The third-order valence-electron chi connectivity index (χ3n) is 3.85. The largest absolute Gasteiger partial charge is 0.338 e. The van der Waals surface area contributed by atoms with Crippen LogP contribution in [0.1, 0.15) is 19.3 Å². The Morgan fingerprint density at radius 1 is 1.15 bits per heavy atom. The number of likely N-dealkylation sites (tertiary alicyclic amines) is 1. The van der Waals surface area contributed by atoms with Crippen LogP contribution in [-0.2, 0) is 25.0 Å². The minimum Gasteiger partial charge on any atom is -0.338 e. The molecule has 2 aliphatic heterocycles. The summed E-state index contributed by atoms with van der Waals surface area (Å²) < 4.78 is 58.7. The molecule has 2 rings (SSSR count). The molecule has 20 heavy (non-hydrogen) atoms. The van der Waals surface area contributed by atoms with Gasteiger partial charge >= 0.3 is 10.2 Å². The van der Waals surface area contributed by atoms with Gasteiger partial charge in [-0.25, -0.2) is 12.7 Å². The molecule has 2 aliphatic rings. The highest BCUT2D eigenvalue weighted by Crippen LogP contribution is 2.26. The molecule has 0 radical (unpaired) electrons. The van der Waals surface area contributed by atoms with Crippen LogP contribution in [-0.4, -0.2) is 69.1 Å². The molecule has 1 amide bonds. The van der Waals surface area contributed by atoms with E-state index in [2.05, 4.69) is 0 Å². The van der Waals surface area contributed by atoms with Gasteiger partial charge in [0.15, 0.2) is 0 Å². The molecule has 2 saturated heterocycles. The molecule has 0 aromatic heterocycles. The number of sulfonamides is 1. The molecule has 2 fully saturated rings. The molecule has 1 atom stereocenters. The van der Waals surface area contributed by atoms with Gasteiger partial charge in [0.05, 0.1) is 6.26 Å². The van der Waals surface area contributed by atoms with Gasteiger partial charge in [-0.2, -0.15) is 8.42 Å². The van der Waals surface area contributed by atoms with Gasteiger partial charge in [0.2, 0.25) is 15.9 Å².